The van der Waals surface area contributed by atoms with Crippen LogP contribution in [0.4, 0.5) is 0 Å². The van der Waals surface area contributed by atoms with Crippen molar-refractivity contribution in [2.75, 3.05) is 47.5 Å². The number of esters is 2. The molecule has 0 aliphatic rings. The summed E-state index contributed by atoms with van der Waals surface area (Å²) in [5, 5.41) is 0. The Hall–Kier alpha value is -1.51. The van der Waals surface area contributed by atoms with Gasteiger partial charge in [0.25, 0.3) is 0 Å². The molecule has 0 rings (SSSR count). The smallest absolute Gasteiger partial charge is 0.462 e. The molecule has 0 amide bonds. The zero-order chi connectivity index (χ0) is 41.4. The second kappa shape index (κ2) is 39.0. The van der Waals surface area contributed by atoms with Crippen LogP contribution in [0.2, 0.25) is 0 Å². The van der Waals surface area contributed by atoms with E-state index >= 15 is 0 Å². The van der Waals surface area contributed by atoms with Gasteiger partial charge in [0.15, 0.2) is 6.10 Å². The molecule has 9 nitrogen and oxygen atoms in total. The Morgan fingerprint density at radius 3 is 1.46 bits per heavy atom. The van der Waals surface area contributed by atoms with E-state index in [-0.39, 0.29) is 32.0 Å². The summed E-state index contributed by atoms with van der Waals surface area (Å²) in [6.45, 7) is 4.39. The Morgan fingerprint density at radius 1 is 0.554 bits per heavy atom. The molecule has 56 heavy (non-hydrogen) atoms. The lowest BCUT2D eigenvalue weighted by atomic mass is 10.0. The van der Waals surface area contributed by atoms with E-state index < -0.39 is 26.5 Å². The summed E-state index contributed by atoms with van der Waals surface area (Å²) in [7, 11) is 1.48. The molecule has 0 heterocycles. The largest absolute Gasteiger partial charge is 0.472 e. The summed E-state index contributed by atoms with van der Waals surface area (Å²) in [6, 6.07) is 0. The maximum absolute atomic E-state index is 12.7. The van der Waals surface area contributed by atoms with Crippen LogP contribution in [0.1, 0.15) is 206 Å². The molecular weight excluding hydrogens is 725 g/mol. The van der Waals surface area contributed by atoms with Crippen molar-refractivity contribution in [1.29, 1.82) is 0 Å². The molecular formula is C46H89NO8P+. The highest BCUT2D eigenvalue weighted by Gasteiger charge is 2.27. The fourth-order valence-corrected chi connectivity index (χ4v) is 7.07. The predicted octanol–water partition coefficient (Wildman–Crippen LogP) is 13.1. The van der Waals surface area contributed by atoms with Gasteiger partial charge in [-0.05, 0) is 38.5 Å². The average Bonchev–Trinajstić information content (AvgIpc) is 3.15. The minimum absolute atomic E-state index is 0.0313. The zero-order valence-electron chi connectivity index (χ0n) is 37.1. The van der Waals surface area contributed by atoms with E-state index in [1.807, 2.05) is 21.1 Å². The van der Waals surface area contributed by atoms with E-state index in [0.29, 0.717) is 17.4 Å². The lowest BCUT2D eigenvalue weighted by Crippen LogP contribution is -2.37. The third-order valence-electron chi connectivity index (χ3n) is 9.98. The van der Waals surface area contributed by atoms with Crippen molar-refractivity contribution in [2.24, 2.45) is 0 Å². The van der Waals surface area contributed by atoms with E-state index in [0.717, 1.165) is 57.8 Å². The molecule has 1 unspecified atom stereocenters. The standard InChI is InChI=1S/C46H88NO8P/c1-6-8-10-12-14-16-18-20-22-23-24-25-27-29-31-33-35-37-39-46(49)55-44(43-54-56(50,51)53-41-40-47(3,4)5)42-52-45(48)38-36-34-32-30-28-26-21-19-17-15-13-11-9-7-2/h13,15,19,21,44H,6-12,14,16-18,20,22-43H2,1-5H3/p+1/b15-13-,21-19-/t44-/m1/s1. The van der Waals surface area contributed by atoms with E-state index in [1.54, 1.807) is 0 Å². The van der Waals surface area contributed by atoms with Crippen molar-refractivity contribution < 1.29 is 42.1 Å². The number of nitrogens with zero attached hydrogens (tertiary/aromatic N) is 1. The van der Waals surface area contributed by atoms with Crippen LogP contribution in [0, 0.1) is 0 Å². The van der Waals surface area contributed by atoms with Gasteiger partial charge in [-0.3, -0.25) is 18.6 Å². The minimum Gasteiger partial charge on any atom is -0.462 e. The molecule has 330 valence electrons. The number of rotatable bonds is 42. The second-order valence-corrected chi connectivity index (χ2v) is 18.2. The van der Waals surface area contributed by atoms with Crippen LogP contribution in [0.15, 0.2) is 24.3 Å². The number of ether oxygens (including phenoxy) is 2. The number of unbranched alkanes of at least 4 members (excludes halogenated alkanes) is 24. The SMILES string of the molecule is CCCC/C=C\C/C=C\CCCCCCCC(=O)OC[C@H](COP(=O)(O)OCC[N+](C)(C)C)OC(=O)CCCCCCCCCCCCCCCCCCCC. The molecule has 0 saturated heterocycles. The number of phosphoric ester groups is 1. The van der Waals surface area contributed by atoms with Gasteiger partial charge in [-0.1, -0.05) is 179 Å². The second-order valence-electron chi connectivity index (χ2n) is 16.8. The van der Waals surface area contributed by atoms with Crippen molar-refractivity contribution >= 4 is 19.8 Å². The molecule has 0 aromatic heterocycles. The number of hydrogen-bond acceptors (Lipinski definition) is 7. The normalized spacial score (nSPS) is 13.8. The molecule has 0 bridgehead atoms. The number of likely N-dealkylation sites (N-methyl/N-ethyl adjacent to an activating group) is 1. The molecule has 0 fully saturated rings. The Bertz CT molecular complexity index is 1010. The molecule has 0 radical (unpaired) electrons. The van der Waals surface area contributed by atoms with Gasteiger partial charge < -0.3 is 18.9 Å². The highest BCUT2D eigenvalue weighted by atomic mass is 31.2. The first-order valence-corrected chi connectivity index (χ1v) is 24.6. The minimum atomic E-state index is -4.37. The maximum atomic E-state index is 12.7. The average molecular weight is 815 g/mol. The lowest BCUT2D eigenvalue weighted by Gasteiger charge is -2.24. The number of carbonyl (C=O) groups is 2. The van der Waals surface area contributed by atoms with Crippen molar-refractivity contribution in [3.8, 4) is 0 Å². The predicted molar refractivity (Wildman–Crippen MR) is 234 cm³/mol. The Kier molecular flexibility index (Phi) is 37.9. The molecule has 2 atom stereocenters. The molecule has 0 aliphatic heterocycles. The molecule has 0 aromatic carbocycles. The summed E-state index contributed by atoms with van der Waals surface area (Å²) in [4.78, 5) is 35.4. The van der Waals surface area contributed by atoms with Gasteiger partial charge in [-0.2, -0.15) is 0 Å². The first-order chi connectivity index (χ1) is 27.0. The molecule has 0 aliphatic carbocycles. The quantitative estimate of drug-likeness (QED) is 0.0213. The molecule has 0 saturated carbocycles. The van der Waals surface area contributed by atoms with Gasteiger partial charge >= 0.3 is 19.8 Å². The van der Waals surface area contributed by atoms with Crippen LogP contribution < -0.4 is 0 Å². The van der Waals surface area contributed by atoms with Crippen molar-refractivity contribution in [1.82, 2.24) is 0 Å². The zero-order valence-corrected chi connectivity index (χ0v) is 38.0. The highest BCUT2D eigenvalue weighted by molar-refractivity contribution is 7.47. The van der Waals surface area contributed by atoms with E-state index in [4.69, 9.17) is 18.5 Å². The molecule has 1 N–H and O–H groups in total. The van der Waals surface area contributed by atoms with Crippen molar-refractivity contribution in [3.63, 3.8) is 0 Å². The van der Waals surface area contributed by atoms with Crippen LogP contribution >= 0.6 is 7.82 Å². The summed E-state index contributed by atoms with van der Waals surface area (Å²) >= 11 is 0. The Balaban J connectivity index is 4.31. The van der Waals surface area contributed by atoms with Crippen LogP contribution in [0.3, 0.4) is 0 Å². The van der Waals surface area contributed by atoms with Crippen LogP contribution in [-0.2, 0) is 32.7 Å². The Morgan fingerprint density at radius 2 is 0.982 bits per heavy atom. The van der Waals surface area contributed by atoms with Crippen molar-refractivity contribution in [2.45, 2.75) is 213 Å². The van der Waals surface area contributed by atoms with Crippen LogP contribution in [-0.4, -0.2) is 74.9 Å². The molecule has 10 heteroatoms. The number of phosphoric acid groups is 1. The van der Waals surface area contributed by atoms with Crippen LogP contribution in [0.5, 0.6) is 0 Å². The first-order valence-electron chi connectivity index (χ1n) is 23.1. The number of quaternary nitrogens is 1. The summed E-state index contributed by atoms with van der Waals surface area (Å²) in [5.74, 6) is -0.806. The fourth-order valence-electron chi connectivity index (χ4n) is 6.33. The number of hydrogen-bond donors (Lipinski definition) is 1. The van der Waals surface area contributed by atoms with Gasteiger partial charge in [0.05, 0.1) is 27.7 Å². The Labute approximate surface area is 345 Å². The molecule has 0 spiro atoms. The summed E-state index contributed by atoms with van der Waals surface area (Å²) in [5.41, 5.74) is 0. The van der Waals surface area contributed by atoms with Gasteiger partial charge in [-0.15, -0.1) is 0 Å². The lowest BCUT2D eigenvalue weighted by molar-refractivity contribution is -0.870. The third-order valence-corrected chi connectivity index (χ3v) is 11.0. The fraction of sp³-hybridized carbons (Fsp3) is 0.870. The topological polar surface area (TPSA) is 108 Å². The highest BCUT2D eigenvalue weighted by Crippen LogP contribution is 2.43. The van der Waals surface area contributed by atoms with Crippen LogP contribution in [0.25, 0.3) is 0 Å². The summed E-state index contributed by atoms with van der Waals surface area (Å²) in [6.07, 6.45) is 42.2. The third kappa shape index (κ3) is 42.1. The van der Waals surface area contributed by atoms with Gasteiger partial charge in [0, 0.05) is 12.8 Å². The monoisotopic (exact) mass is 815 g/mol. The van der Waals surface area contributed by atoms with Gasteiger partial charge in [-0.25, -0.2) is 4.57 Å². The number of carbonyl (C=O) groups excluding carboxylic acids is 2. The number of allylic oxidation sites excluding steroid dienone is 4. The van der Waals surface area contributed by atoms with E-state index in [9.17, 15) is 19.0 Å². The van der Waals surface area contributed by atoms with E-state index in [2.05, 4.69) is 38.2 Å². The maximum Gasteiger partial charge on any atom is 0.472 e. The molecule has 0 aromatic rings. The van der Waals surface area contributed by atoms with Gasteiger partial charge in [0.1, 0.15) is 19.8 Å². The summed E-state index contributed by atoms with van der Waals surface area (Å²) < 4.78 is 34.3. The van der Waals surface area contributed by atoms with Crippen molar-refractivity contribution in [3.05, 3.63) is 24.3 Å². The van der Waals surface area contributed by atoms with Gasteiger partial charge in [0.2, 0.25) is 0 Å². The van der Waals surface area contributed by atoms with E-state index in [1.165, 1.54) is 116 Å². The first kappa shape index (κ1) is 54.5.